The zero-order valence-corrected chi connectivity index (χ0v) is 10.9. The van der Waals surface area contributed by atoms with Crippen LogP contribution in [0.2, 0.25) is 0 Å². The normalized spacial score (nSPS) is 29.0. The first-order chi connectivity index (χ1) is 7.37. The summed E-state index contributed by atoms with van der Waals surface area (Å²) in [5.74, 6) is 1.31. The molecule has 0 bridgehead atoms. The van der Waals surface area contributed by atoms with E-state index in [4.69, 9.17) is 0 Å². The highest BCUT2D eigenvalue weighted by Crippen LogP contribution is 2.51. The molecule has 2 rings (SSSR count). The molecule has 0 aliphatic heterocycles. The average molecular weight is 227 g/mol. The standard InChI is InChI=1S/C13H25NS/c1-15-11-5-10-14-12-6-9-13(12)7-3-2-4-8-13/h12,14H,2-11H2,1H3. The summed E-state index contributed by atoms with van der Waals surface area (Å²) in [4.78, 5) is 0. The van der Waals surface area contributed by atoms with Gasteiger partial charge in [-0.15, -0.1) is 0 Å². The van der Waals surface area contributed by atoms with Gasteiger partial charge in [-0.25, -0.2) is 0 Å². The van der Waals surface area contributed by atoms with Gasteiger partial charge in [-0.3, -0.25) is 0 Å². The molecule has 1 N–H and O–H groups in total. The fourth-order valence-electron chi connectivity index (χ4n) is 3.36. The third-order valence-corrected chi connectivity index (χ3v) is 5.13. The van der Waals surface area contributed by atoms with Gasteiger partial charge in [0.25, 0.3) is 0 Å². The van der Waals surface area contributed by atoms with Gasteiger partial charge >= 0.3 is 0 Å². The second kappa shape index (κ2) is 5.58. The number of hydrogen-bond donors (Lipinski definition) is 1. The van der Waals surface area contributed by atoms with Crippen molar-refractivity contribution in [3.63, 3.8) is 0 Å². The van der Waals surface area contributed by atoms with Crippen molar-refractivity contribution in [1.29, 1.82) is 0 Å². The van der Waals surface area contributed by atoms with Crippen molar-refractivity contribution in [3.05, 3.63) is 0 Å². The molecule has 2 aliphatic carbocycles. The van der Waals surface area contributed by atoms with E-state index in [0.717, 1.165) is 11.5 Å². The summed E-state index contributed by atoms with van der Waals surface area (Å²) in [6.45, 7) is 1.24. The minimum Gasteiger partial charge on any atom is -0.313 e. The van der Waals surface area contributed by atoms with Gasteiger partial charge in [-0.05, 0) is 56.1 Å². The quantitative estimate of drug-likeness (QED) is 0.722. The fraction of sp³-hybridized carbons (Fsp3) is 1.00. The highest BCUT2D eigenvalue weighted by molar-refractivity contribution is 7.98. The number of rotatable bonds is 5. The van der Waals surface area contributed by atoms with E-state index in [-0.39, 0.29) is 0 Å². The molecule has 2 saturated carbocycles. The fourth-order valence-corrected chi connectivity index (χ4v) is 3.80. The maximum absolute atomic E-state index is 3.80. The molecule has 0 aromatic rings. The summed E-state index contributed by atoms with van der Waals surface area (Å²) in [6, 6.07) is 0.875. The van der Waals surface area contributed by atoms with Crippen molar-refractivity contribution in [2.75, 3.05) is 18.6 Å². The Balaban J connectivity index is 1.69. The summed E-state index contributed by atoms with van der Waals surface area (Å²) in [5.41, 5.74) is 0.748. The molecule has 0 aromatic heterocycles. The van der Waals surface area contributed by atoms with Gasteiger partial charge in [-0.2, -0.15) is 11.8 Å². The third kappa shape index (κ3) is 2.71. The van der Waals surface area contributed by atoms with E-state index in [1.807, 2.05) is 11.8 Å². The second-order valence-electron chi connectivity index (χ2n) is 5.31. The van der Waals surface area contributed by atoms with Crippen LogP contribution in [0.4, 0.5) is 0 Å². The predicted molar refractivity (Wildman–Crippen MR) is 69.5 cm³/mol. The van der Waals surface area contributed by atoms with Crippen LogP contribution in [-0.4, -0.2) is 24.6 Å². The van der Waals surface area contributed by atoms with Gasteiger partial charge in [0.05, 0.1) is 0 Å². The summed E-state index contributed by atoms with van der Waals surface area (Å²) in [6.07, 6.45) is 14.0. The molecule has 1 nitrogen and oxygen atoms in total. The smallest absolute Gasteiger partial charge is 0.0124 e. The van der Waals surface area contributed by atoms with Crippen molar-refractivity contribution >= 4 is 11.8 Å². The zero-order chi connectivity index (χ0) is 10.6. The molecule has 0 heterocycles. The molecule has 1 unspecified atom stereocenters. The van der Waals surface area contributed by atoms with Crippen LogP contribution >= 0.6 is 11.8 Å². The van der Waals surface area contributed by atoms with E-state index in [9.17, 15) is 0 Å². The van der Waals surface area contributed by atoms with Crippen LogP contribution in [0.15, 0.2) is 0 Å². The van der Waals surface area contributed by atoms with Crippen LogP contribution in [0.3, 0.4) is 0 Å². The van der Waals surface area contributed by atoms with Crippen molar-refractivity contribution in [3.8, 4) is 0 Å². The Bertz CT molecular complexity index is 187. The van der Waals surface area contributed by atoms with Crippen LogP contribution in [0.5, 0.6) is 0 Å². The predicted octanol–water partition coefficient (Wildman–Crippen LogP) is 3.44. The minimum absolute atomic E-state index is 0.748. The van der Waals surface area contributed by atoms with E-state index >= 15 is 0 Å². The Morgan fingerprint density at radius 2 is 2.00 bits per heavy atom. The Morgan fingerprint density at radius 3 is 2.60 bits per heavy atom. The zero-order valence-electron chi connectivity index (χ0n) is 10.1. The van der Waals surface area contributed by atoms with Crippen molar-refractivity contribution in [2.24, 2.45) is 5.41 Å². The van der Waals surface area contributed by atoms with Crippen LogP contribution in [0.25, 0.3) is 0 Å². The average Bonchev–Trinajstić information content (AvgIpc) is 2.28. The number of hydrogen-bond acceptors (Lipinski definition) is 2. The molecule has 15 heavy (non-hydrogen) atoms. The van der Waals surface area contributed by atoms with Crippen LogP contribution in [0, 0.1) is 5.41 Å². The summed E-state index contributed by atoms with van der Waals surface area (Å²) in [7, 11) is 0. The lowest BCUT2D eigenvalue weighted by Gasteiger charge is -2.52. The Morgan fingerprint density at radius 1 is 1.20 bits per heavy atom. The van der Waals surface area contributed by atoms with Gasteiger partial charge in [0.1, 0.15) is 0 Å². The SMILES string of the molecule is CSCCCNC1CCC12CCCCC2. The monoisotopic (exact) mass is 227 g/mol. The molecule has 2 aliphatic rings. The van der Waals surface area contributed by atoms with Crippen molar-refractivity contribution in [1.82, 2.24) is 5.32 Å². The lowest BCUT2D eigenvalue weighted by Crippen LogP contribution is -2.54. The molecule has 2 fully saturated rings. The topological polar surface area (TPSA) is 12.0 Å². The molecule has 1 spiro atoms. The van der Waals surface area contributed by atoms with Gasteiger partial charge in [-0.1, -0.05) is 19.3 Å². The van der Waals surface area contributed by atoms with Gasteiger partial charge in [0.2, 0.25) is 0 Å². The van der Waals surface area contributed by atoms with Gasteiger partial charge < -0.3 is 5.32 Å². The highest BCUT2D eigenvalue weighted by Gasteiger charge is 2.46. The largest absolute Gasteiger partial charge is 0.313 e. The molecule has 0 saturated heterocycles. The first-order valence-corrected chi connectivity index (χ1v) is 7.99. The first kappa shape index (κ1) is 11.8. The molecule has 88 valence electrons. The van der Waals surface area contributed by atoms with Crippen LogP contribution in [0.1, 0.15) is 51.4 Å². The van der Waals surface area contributed by atoms with Gasteiger partial charge in [0.15, 0.2) is 0 Å². The summed E-state index contributed by atoms with van der Waals surface area (Å²) >= 11 is 1.97. The highest BCUT2D eigenvalue weighted by atomic mass is 32.2. The molecular formula is C13H25NS. The molecule has 0 aromatic carbocycles. The Kier molecular flexibility index (Phi) is 4.39. The van der Waals surface area contributed by atoms with Crippen LogP contribution in [-0.2, 0) is 0 Å². The molecule has 2 heteroatoms. The maximum Gasteiger partial charge on any atom is 0.0124 e. The molecule has 0 amide bonds. The lowest BCUT2D eigenvalue weighted by atomic mass is 9.57. The third-order valence-electron chi connectivity index (χ3n) is 4.44. The van der Waals surface area contributed by atoms with Crippen molar-refractivity contribution in [2.45, 2.75) is 57.4 Å². The summed E-state index contributed by atoms with van der Waals surface area (Å²) in [5, 5.41) is 3.80. The van der Waals surface area contributed by atoms with E-state index in [1.54, 1.807) is 0 Å². The van der Waals surface area contributed by atoms with E-state index in [0.29, 0.717) is 0 Å². The Labute approximate surface area is 98.8 Å². The molecule has 0 radical (unpaired) electrons. The molecular weight excluding hydrogens is 202 g/mol. The summed E-state index contributed by atoms with van der Waals surface area (Å²) < 4.78 is 0. The lowest BCUT2D eigenvalue weighted by molar-refractivity contribution is 0.0235. The van der Waals surface area contributed by atoms with Gasteiger partial charge in [0, 0.05) is 6.04 Å². The van der Waals surface area contributed by atoms with E-state index < -0.39 is 0 Å². The van der Waals surface area contributed by atoms with E-state index in [2.05, 4.69) is 11.6 Å². The van der Waals surface area contributed by atoms with Crippen LogP contribution < -0.4 is 5.32 Å². The maximum atomic E-state index is 3.80. The number of thioether (sulfide) groups is 1. The van der Waals surface area contributed by atoms with Crippen molar-refractivity contribution < 1.29 is 0 Å². The van der Waals surface area contributed by atoms with E-state index in [1.165, 1.54) is 63.7 Å². The number of nitrogens with one attached hydrogen (secondary N) is 1. The molecule has 1 atom stereocenters. The second-order valence-corrected chi connectivity index (χ2v) is 6.30. The minimum atomic E-state index is 0.748. The first-order valence-electron chi connectivity index (χ1n) is 6.60. The Hall–Kier alpha value is 0.310.